The Labute approximate surface area is 101 Å². The van der Waals surface area contributed by atoms with Crippen molar-refractivity contribution in [1.29, 1.82) is 0 Å². The van der Waals surface area contributed by atoms with Crippen molar-refractivity contribution in [1.82, 2.24) is 15.0 Å². The maximum atomic E-state index is 5.93. The molecule has 1 saturated carbocycles. The van der Waals surface area contributed by atoms with Crippen LogP contribution in [0.1, 0.15) is 36.3 Å². The Balaban J connectivity index is 1.98. The van der Waals surface area contributed by atoms with Crippen molar-refractivity contribution in [2.75, 3.05) is 5.73 Å². The molecule has 0 spiro atoms. The lowest BCUT2D eigenvalue weighted by Gasteiger charge is -2.01. The molecule has 0 amide bonds. The fourth-order valence-corrected chi connectivity index (χ4v) is 2.24. The molecule has 0 bridgehead atoms. The monoisotopic (exact) mass is 230 g/mol. The van der Waals surface area contributed by atoms with Gasteiger partial charge in [0.05, 0.1) is 5.52 Å². The van der Waals surface area contributed by atoms with Crippen LogP contribution in [0.25, 0.3) is 11.0 Å². The summed E-state index contributed by atoms with van der Waals surface area (Å²) in [4.78, 5) is 12.3. The van der Waals surface area contributed by atoms with E-state index in [0.717, 1.165) is 40.5 Å². The smallest absolute Gasteiger partial charge is 0.149 e. The number of aromatic nitrogens is 3. The molecule has 1 aliphatic carbocycles. The summed E-state index contributed by atoms with van der Waals surface area (Å²) in [5.74, 6) is 2.55. The average molecular weight is 230 g/mol. The molecule has 2 heterocycles. The third kappa shape index (κ3) is 1.88. The van der Waals surface area contributed by atoms with Gasteiger partial charge in [0, 0.05) is 12.1 Å². The lowest BCUT2D eigenvalue weighted by Crippen LogP contribution is -1.96. The number of pyridine rings is 1. The molecule has 2 aromatic rings. The van der Waals surface area contributed by atoms with Gasteiger partial charge < -0.3 is 10.7 Å². The van der Waals surface area contributed by atoms with Crippen molar-refractivity contribution in [3.63, 3.8) is 0 Å². The van der Waals surface area contributed by atoms with E-state index in [-0.39, 0.29) is 0 Å². The number of fused-ring (bicyclic) bond motifs is 1. The highest BCUT2D eigenvalue weighted by Crippen LogP contribution is 2.33. The molecule has 17 heavy (non-hydrogen) atoms. The fraction of sp³-hybridized carbons (Fsp3) is 0.538. The summed E-state index contributed by atoms with van der Waals surface area (Å²) in [6, 6.07) is 0. The summed E-state index contributed by atoms with van der Waals surface area (Å²) < 4.78 is 0. The molecular weight excluding hydrogens is 212 g/mol. The average Bonchev–Trinajstić information content (AvgIpc) is 3.02. The van der Waals surface area contributed by atoms with Gasteiger partial charge in [-0.1, -0.05) is 12.8 Å². The van der Waals surface area contributed by atoms with E-state index < -0.39 is 0 Å². The van der Waals surface area contributed by atoms with Crippen LogP contribution in [-0.2, 0) is 6.42 Å². The Kier molecular flexibility index (Phi) is 2.31. The SMILES string of the molecule is Cc1nc(N)c2[nH]c(CCC3CC3)nc2c1C. The lowest BCUT2D eigenvalue weighted by atomic mass is 10.2. The number of imidazole rings is 1. The zero-order valence-electron chi connectivity index (χ0n) is 10.4. The third-order valence-corrected chi connectivity index (χ3v) is 3.68. The molecule has 0 unspecified atom stereocenters. The maximum Gasteiger partial charge on any atom is 0.149 e. The minimum Gasteiger partial charge on any atom is -0.382 e. The van der Waals surface area contributed by atoms with Crippen LogP contribution in [-0.4, -0.2) is 15.0 Å². The molecule has 1 aliphatic rings. The van der Waals surface area contributed by atoms with Crippen molar-refractivity contribution in [2.24, 2.45) is 5.92 Å². The summed E-state index contributed by atoms with van der Waals surface area (Å²) in [5, 5.41) is 0. The zero-order chi connectivity index (χ0) is 12.0. The number of nitrogens with one attached hydrogen (secondary N) is 1. The largest absolute Gasteiger partial charge is 0.382 e. The zero-order valence-corrected chi connectivity index (χ0v) is 10.4. The van der Waals surface area contributed by atoms with Crippen molar-refractivity contribution >= 4 is 16.9 Å². The molecule has 4 nitrogen and oxygen atoms in total. The highest BCUT2D eigenvalue weighted by molar-refractivity contribution is 5.87. The van der Waals surface area contributed by atoms with E-state index in [1.165, 1.54) is 19.3 Å². The normalized spacial score (nSPS) is 15.6. The third-order valence-electron chi connectivity index (χ3n) is 3.68. The van der Waals surface area contributed by atoms with Crippen molar-refractivity contribution in [3.8, 4) is 0 Å². The van der Waals surface area contributed by atoms with Crippen molar-refractivity contribution in [3.05, 3.63) is 17.1 Å². The van der Waals surface area contributed by atoms with Gasteiger partial charge in [-0.2, -0.15) is 0 Å². The number of aryl methyl sites for hydroxylation is 3. The summed E-state index contributed by atoms with van der Waals surface area (Å²) >= 11 is 0. The van der Waals surface area contributed by atoms with Crippen LogP contribution in [0.4, 0.5) is 5.82 Å². The van der Waals surface area contributed by atoms with E-state index >= 15 is 0 Å². The standard InChI is InChI=1S/C13H18N4/c1-7-8(2)15-13(14)12-11(7)16-10(17-12)6-5-9-3-4-9/h9H,3-6H2,1-2H3,(H2,14,15)(H,16,17). The number of aromatic amines is 1. The topological polar surface area (TPSA) is 67.6 Å². The van der Waals surface area contributed by atoms with Gasteiger partial charge in [-0.15, -0.1) is 0 Å². The number of H-pyrrole nitrogens is 1. The second-order valence-corrected chi connectivity index (χ2v) is 5.10. The number of nitrogens with two attached hydrogens (primary N) is 1. The first-order valence-corrected chi connectivity index (χ1v) is 6.26. The van der Waals surface area contributed by atoms with Crippen LogP contribution in [0.3, 0.4) is 0 Å². The number of anilines is 1. The Morgan fingerprint density at radius 1 is 1.29 bits per heavy atom. The highest BCUT2D eigenvalue weighted by Gasteiger charge is 2.21. The molecule has 2 aromatic heterocycles. The fourth-order valence-electron chi connectivity index (χ4n) is 2.24. The summed E-state index contributed by atoms with van der Waals surface area (Å²) in [6.07, 6.45) is 5.05. The van der Waals surface area contributed by atoms with Gasteiger partial charge in [-0.25, -0.2) is 9.97 Å². The summed E-state index contributed by atoms with van der Waals surface area (Å²) in [7, 11) is 0. The molecule has 3 N–H and O–H groups in total. The lowest BCUT2D eigenvalue weighted by molar-refractivity contribution is 0.705. The van der Waals surface area contributed by atoms with Gasteiger partial charge >= 0.3 is 0 Å². The predicted molar refractivity (Wildman–Crippen MR) is 68.8 cm³/mol. The molecule has 0 aromatic carbocycles. The minimum absolute atomic E-state index is 0.563. The molecule has 1 fully saturated rings. The Morgan fingerprint density at radius 3 is 2.76 bits per heavy atom. The number of hydrogen-bond donors (Lipinski definition) is 2. The first-order valence-electron chi connectivity index (χ1n) is 6.26. The van der Waals surface area contributed by atoms with Crippen LogP contribution in [0.15, 0.2) is 0 Å². The Morgan fingerprint density at radius 2 is 2.06 bits per heavy atom. The maximum absolute atomic E-state index is 5.93. The molecule has 0 aliphatic heterocycles. The molecule has 0 radical (unpaired) electrons. The van der Waals surface area contributed by atoms with Gasteiger partial charge in [-0.05, 0) is 31.7 Å². The molecule has 3 rings (SSSR count). The van der Waals surface area contributed by atoms with Crippen LogP contribution in [0.5, 0.6) is 0 Å². The summed E-state index contributed by atoms with van der Waals surface area (Å²) in [5.41, 5.74) is 9.91. The minimum atomic E-state index is 0.563. The second-order valence-electron chi connectivity index (χ2n) is 5.10. The Bertz CT molecular complexity index is 566. The molecule has 90 valence electrons. The van der Waals surface area contributed by atoms with E-state index in [1.54, 1.807) is 0 Å². The first kappa shape index (κ1) is 10.6. The van der Waals surface area contributed by atoms with Gasteiger partial charge in [0.25, 0.3) is 0 Å². The van der Waals surface area contributed by atoms with E-state index in [9.17, 15) is 0 Å². The molecular formula is C13H18N4. The van der Waals surface area contributed by atoms with E-state index in [1.807, 2.05) is 6.92 Å². The van der Waals surface area contributed by atoms with E-state index in [2.05, 4.69) is 21.9 Å². The second kappa shape index (κ2) is 3.72. The quantitative estimate of drug-likeness (QED) is 0.851. The van der Waals surface area contributed by atoms with Gasteiger partial charge in [0.2, 0.25) is 0 Å². The number of rotatable bonds is 3. The number of hydrogen-bond acceptors (Lipinski definition) is 3. The summed E-state index contributed by atoms with van der Waals surface area (Å²) in [6.45, 7) is 4.03. The molecule has 0 saturated heterocycles. The predicted octanol–water partition coefficient (Wildman–Crippen LogP) is 2.50. The van der Waals surface area contributed by atoms with Gasteiger partial charge in [-0.3, -0.25) is 0 Å². The van der Waals surface area contributed by atoms with Crippen LogP contribution in [0.2, 0.25) is 0 Å². The van der Waals surface area contributed by atoms with E-state index in [0.29, 0.717) is 5.82 Å². The number of nitrogen functional groups attached to an aromatic ring is 1. The molecule has 4 heteroatoms. The van der Waals surface area contributed by atoms with Gasteiger partial charge in [0.1, 0.15) is 17.2 Å². The van der Waals surface area contributed by atoms with Crippen LogP contribution < -0.4 is 5.73 Å². The highest BCUT2D eigenvalue weighted by atomic mass is 15.0. The van der Waals surface area contributed by atoms with E-state index in [4.69, 9.17) is 5.73 Å². The first-order chi connectivity index (χ1) is 8.15. The van der Waals surface area contributed by atoms with Crippen molar-refractivity contribution in [2.45, 2.75) is 39.5 Å². The Hall–Kier alpha value is -1.58. The van der Waals surface area contributed by atoms with Crippen LogP contribution in [0, 0.1) is 19.8 Å². The van der Waals surface area contributed by atoms with Gasteiger partial charge in [0.15, 0.2) is 0 Å². The number of nitrogens with zero attached hydrogens (tertiary/aromatic N) is 2. The molecule has 0 atom stereocenters. The van der Waals surface area contributed by atoms with Crippen molar-refractivity contribution < 1.29 is 0 Å². The van der Waals surface area contributed by atoms with Crippen LogP contribution >= 0.6 is 0 Å².